The van der Waals surface area contributed by atoms with E-state index in [4.69, 9.17) is 0 Å². The topological polar surface area (TPSA) is 70.6 Å². The lowest BCUT2D eigenvalue weighted by Gasteiger charge is -2.31. The number of amides is 2. The third-order valence-electron chi connectivity index (χ3n) is 4.88. The molecule has 0 saturated carbocycles. The zero-order valence-electron chi connectivity index (χ0n) is 13.3. The highest BCUT2D eigenvalue weighted by Gasteiger charge is 2.33. The van der Waals surface area contributed by atoms with Crippen LogP contribution in [0.1, 0.15) is 37.2 Å². The van der Waals surface area contributed by atoms with E-state index in [1.54, 1.807) is 6.20 Å². The Morgan fingerprint density at radius 3 is 2.52 bits per heavy atom. The molecule has 6 heteroatoms. The van der Waals surface area contributed by atoms with Gasteiger partial charge in [-0.3, -0.25) is 14.5 Å². The van der Waals surface area contributed by atoms with Gasteiger partial charge in [0.05, 0.1) is 5.92 Å². The van der Waals surface area contributed by atoms with Crippen LogP contribution in [-0.4, -0.2) is 48.1 Å². The van der Waals surface area contributed by atoms with Crippen LogP contribution in [-0.2, 0) is 14.4 Å². The predicted octanol–water partition coefficient (Wildman–Crippen LogP) is 1.36. The van der Waals surface area contributed by atoms with Crippen LogP contribution in [0.2, 0.25) is 0 Å². The van der Waals surface area contributed by atoms with Crippen molar-refractivity contribution in [2.45, 2.75) is 31.6 Å². The first-order valence-corrected chi connectivity index (χ1v) is 8.06. The Balaban J connectivity index is 1.69. The van der Waals surface area contributed by atoms with Crippen molar-refractivity contribution in [3.05, 3.63) is 23.9 Å². The Bertz CT molecular complexity index is 606. The van der Waals surface area contributed by atoms with Crippen molar-refractivity contribution in [1.82, 2.24) is 9.88 Å². The van der Waals surface area contributed by atoms with Crippen molar-refractivity contribution in [2.24, 2.45) is 5.92 Å². The van der Waals surface area contributed by atoms with Gasteiger partial charge in [-0.15, -0.1) is 0 Å². The highest BCUT2D eigenvalue weighted by Crippen LogP contribution is 2.29. The Morgan fingerprint density at radius 2 is 1.91 bits per heavy atom. The number of anilines is 1. The molecule has 23 heavy (non-hydrogen) atoms. The molecule has 0 spiro atoms. The number of nitrogens with zero attached hydrogens (tertiary/aromatic N) is 3. The Kier molecular flexibility index (Phi) is 4.41. The summed E-state index contributed by atoms with van der Waals surface area (Å²) in [5, 5.41) is 0. The number of rotatable bonds is 3. The van der Waals surface area contributed by atoms with E-state index in [2.05, 4.69) is 9.88 Å². The number of aldehydes is 1. The number of likely N-dealkylation sites (N-methyl/N-ethyl adjacent to an activating group) is 1. The van der Waals surface area contributed by atoms with Crippen LogP contribution in [0.4, 0.5) is 5.82 Å². The number of hydrogen-bond donors (Lipinski definition) is 0. The number of imide groups is 1. The van der Waals surface area contributed by atoms with E-state index >= 15 is 0 Å². The monoisotopic (exact) mass is 315 g/mol. The molecule has 0 aromatic carbocycles. The van der Waals surface area contributed by atoms with Crippen LogP contribution in [0.15, 0.2) is 18.3 Å². The van der Waals surface area contributed by atoms with Gasteiger partial charge in [0.2, 0.25) is 11.8 Å². The molecular formula is C17H21N3O3. The summed E-state index contributed by atoms with van der Waals surface area (Å²) in [5.74, 6) is 0.501. The molecule has 1 aromatic heterocycles. The van der Waals surface area contributed by atoms with E-state index in [0.717, 1.165) is 43.6 Å². The average molecular weight is 315 g/mol. The summed E-state index contributed by atoms with van der Waals surface area (Å²) in [6, 6.07) is 3.86. The Morgan fingerprint density at radius 1 is 1.17 bits per heavy atom. The van der Waals surface area contributed by atoms with Crippen molar-refractivity contribution >= 4 is 23.9 Å². The van der Waals surface area contributed by atoms with Crippen molar-refractivity contribution in [3.63, 3.8) is 0 Å². The molecule has 0 bridgehead atoms. The fraction of sp³-hybridized carbons (Fsp3) is 0.529. The van der Waals surface area contributed by atoms with Crippen LogP contribution < -0.4 is 4.90 Å². The van der Waals surface area contributed by atoms with E-state index < -0.39 is 0 Å². The fourth-order valence-electron chi connectivity index (χ4n) is 3.28. The van der Waals surface area contributed by atoms with E-state index in [0.29, 0.717) is 12.8 Å². The van der Waals surface area contributed by atoms with E-state index in [-0.39, 0.29) is 23.7 Å². The molecule has 122 valence electrons. The minimum Gasteiger partial charge on any atom is -0.357 e. The molecule has 3 rings (SSSR count). The number of likely N-dealkylation sites (tertiary alicyclic amines) is 1. The van der Waals surface area contributed by atoms with Gasteiger partial charge in [0.15, 0.2) is 0 Å². The van der Waals surface area contributed by atoms with Gasteiger partial charge in [-0.1, -0.05) is 6.07 Å². The first-order valence-electron chi connectivity index (χ1n) is 8.06. The molecule has 6 nitrogen and oxygen atoms in total. The van der Waals surface area contributed by atoms with E-state index in [9.17, 15) is 14.4 Å². The molecule has 2 saturated heterocycles. The molecule has 3 heterocycles. The Hall–Kier alpha value is -2.24. The van der Waals surface area contributed by atoms with Crippen molar-refractivity contribution in [1.29, 1.82) is 0 Å². The van der Waals surface area contributed by atoms with Crippen LogP contribution >= 0.6 is 0 Å². The van der Waals surface area contributed by atoms with Crippen LogP contribution in [0.25, 0.3) is 0 Å². The average Bonchev–Trinajstić information content (AvgIpc) is 2.60. The van der Waals surface area contributed by atoms with Gasteiger partial charge in [0.1, 0.15) is 12.1 Å². The summed E-state index contributed by atoms with van der Waals surface area (Å²) >= 11 is 0. The van der Waals surface area contributed by atoms with Gasteiger partial charge < -0.3 is 9.69 Å². The number of piperidine rings is 2. The molecule has 1 unspecified atom stereocenters. The fourth-order valence-corrected chi connectivity index (χ4v) is 3.28. The number of pyridine rings is 1. The minimum absolute atomic E-state index is 0.117. The molecule has 1 aromatic rings. The summed E-state index contributed by atoms with van der Waals surface area (Å²) in [4.78, 5) is 42.5. The largest absolute Gasteiger partial charge is 0.357 e. The van der Waals surface area contributed by atoms with Gasteiger partial charge in [0, 0.05) is 38.7 Å². The molecule has 2 amide bonds. The summed E-state index contributed by atoms with van der Waals surface area (Å²) in [6.07, 6.45) is 5.46. The summed E-state index contributed by atoms with van der Waals surface area (Å²) in [7, 11) is 1.54. The van der Waals surface area contributed by atoms with Crippen LogP contribution in [0, 0.1) is 5.92 Å². The first-order chi connectivity index (χ1) is 11.1. The zero-order valence-corrected chi connectivity index (χ0v) is 13.3. The van der Waals surface area contributed by atoms with Gasteiger partial charge in [-0.05, 0) is 30.9 Å². The highest BCUT2D eigenvalue weighted by molar-refractivity contribution is 6.00. The second kappa shape index (κ2) is 6.48. The molecule has 2 aliphatic heterocycles. The molecule has 1 atom stereocenters. The normalized spacial score (nSPS) is 23.3. The van der Waals surface area contributed by atoms with E-state index in [1.165, 1.54) is 11.9 Å². The lowest BCUT2D eigenvalue weighted by molar-refractivity contribution is -0.147. The summed E-state index contributed by atoms with van der Waals surface area (Å²) < 4.78 is 0. The second-order valence-electron chi connectivity index (χ2n) is 6.29. The quantitative estimate of drug-likeness (QED) is 0.622. The lowest BCUT2D eigenvalue weighted by Crippen LogP contribution is -2.41. The van der Waals surface area contributed by atoms with Gasteiger partial charge in [0.25, 0.3) is 0 Å². The maximum absolute atomic E-state index is 12.2. The van der Waals surface area contributed by atoms with Gasteiger partial charge in [-0.2, -0.15) is 0 Å². The molecular weight excluding hydrogens is 294 g/mol. The first kappa shape index (κ1) is 15.6. The third-order valence-corrected chi connectivity index (χ3v) is 4.88. The number of hydrogen-bond acceptors (Lipinski definition) is 5. The van der Waals surface area contributed by atoms with Gasteiger partial charge in [-0.25, -0.2) is 4.98 Å². The number of aromatic nitrogens is 1. The lowest BCUT2D eigenvalue weighted by atomic mass is 9.90. The second-order valence-corrected chi connectivity index (χ2v) is 6.29. The van der Waals surface area contributed by atoms with Crippen molar-refractivity contribution < 1.29 is 14.4 Å². The maximum atomic E-state index is 12.2. The Labute approximate surface area is 135 Å². The van der Waals surface area contributed by atoms with E-state index in [1.807, 2.05) is 12.1 Å². The SMILES string of the molecule is CN1C(=O)CCC(c2ccc(N3CCC(C=O)CC3)nc2)C1=O. The summed E-state index contributed by atoms with van der Waals surface area (Å²) in [6.45, 7) is 1.66. The molecule has 2 aliphatic rings. The predicted molar refractivity (Wildman–Crippen MR) is 85.0 cm³/mol. The highest BCUT2D eigenvalue weighted by atomic mass is 16.2. The van der Waals surface area contributed by atoms with Crippen LogP contribution in [0.5, 0.6) is 0 Å². The number of carbonyl (C=O) groups excluding carboxylic acids is 3. The summed E-state index contributed by atoms with van der Waals surface area (Å²) in [5.41, 5.74) is 0.862. The van der Waals surface area contributed by atoms with Crippen LogP contribution in [0.3, 0.4) is 0 Å². The van der Waals surface area contributed by atoms with Crippen molar-refractivity contribution in [3.8, 4) is 0 Å². The molecule has 0 N–H and O–H groups in total. The van der Waals surface area contributed by atoms with Gasteiger partial charge >= 0.3 is 0 Å². The zero-order chi connectivity index (χ0) is 16.4. The smallest absolute Gasteiger partial charge is 0.236 e. The minimum atomic E-state index is -0.278. The maximum Gasteiger partial charge on any atom is 0.236 e. The molecule has 0 radical (unpaired) electrons. The molecule has 0 aliphatic carbocycles. The third kappa shape index (κ3) is 3.11. The number of carbonyl (C=O) groups is 3. The standard InChI is InChI=1S/C17H21N3O3/c1-19-16(22)5-3-14(17(19)23)13-2-4-15(18-10-13)20-8-6-12(11-21)7-9-20/h2,4,10-12,14H,3,5-9H2,1H3. The molecule has 2 fully saturated rings. The van der Waals surface area contributed by atoms with Crippen molar-refractivity contribution in [2.75, 3.05) is 25.0 Å².